The predicted molar refractivity (Wildman–Crippen MR) is 116 cm³/mol. The van der Waals surface area contributed by atoms with E-state index in [1.807, 2.05) is 17.3 Å². The summed E-state index contributed by atoms with van der Waals surface area (Å²) in [6, 6.07) is 2.08. The van der Waals surface area contributed by atoms with Crippen molar-refractivity contribution in [1.29, 1.82) is 0 Å². The van der Waals surface area contributed by atoms with E-state index in [0.717, 1.165) is 39.7 Å². The van der Waals surface area contributed by atoms with Crippen LogP contribution >= 0.6 is 11.3 Å². The lowest BCUT2D eigenvalue weighted by Crippen LogP contribution is -2.42. The van der Waals surface area contributed by atoms with E-state index >= 15 is 0 Å². The fraction of sp³-hybridized carbons (Fsp3) is 0.619. The molecule has 0 atom stereocenters. The Morgan fingerprint density at radius 3 is 2.50 bits per heavy atom. The van der Waals surface area contributed by atoms with Gasteiger partial charge < -0.3 is 4.90 Å². The first kappa shape index (κ1) is 21.2. The van der Waals surface area contributed by atoms with Crippen molar-refractivity contribution < 1.29 is 13.2 Å². The second-order valence-corrected chi connectivity index (χ2v) is 12.5. The summed E-state index contributed by atoms with van der Waals surface area (Å²) in [6.45, 7) is 10.7. The zero-order chi connectivity index (χ0) is 20.7. The third-order valence-electron chi connectivity index (χ3n) is 5.85. The first-order chi connectivity index (χ1) is 13.0. The molecular formula is C21H30N2O3S2. The molecule has 0 saturated carbocycles. The molecule has 1 fully saturated rings. The van der Waals surface area contributed by atoms with Gasteiger partial charge in [0.1, 0.15) is 0 Å². The van der Waals surface area contributed by atoms with Gasteiger partial charge in [0.25, 0.3) is 0 Å². The summed E-state index contributed by atoms with van der Waals surface area (Å²) in [5.41, 5.74) is 6.20. The molecule has 0 radical (unpaired) electrons. The number of hydrogen-bond acceptors (Lipinski definition) is 5. The molecule has 1 aromatic heterocycles. The second kappa shape index (κ2) is 7.75. The zero-order valence-electron chi connectivity index (χ0n) is 17.4. The molecule has 7 heteroatoms. The molecule has 1 aliphatic heterocycles. The molecule has 154 valence electrons. The van der Waals surface area contributed by atoms with Gasteiger partial charge >= 0.3 is 0 Å². The maximum Gasteiger partial charge on any atom is 0.227 e. The van der Waals surface area contributed by atoms with Crippen LogP contribution in [0.3, 0.4) is 0 Å². The van der Waals surface area contributed by atoms with Crippen LogP contribution in [-0.4, -0.2) is 47.8 Å². The molecule has 1 amide bonds. The number of benzene rings is 1. The Labute approximate surface area is 172 Å². The summed E-state index contributed by atoms with van der Waals surface area (Å²) >= 11 is 1.62. The van der Waals surface area contributed by atoms with Crippen molar-refractivity contribution in [2.75, 3.05) is 18.8 Å². The summed E-state index contributed by atoms with van der Waals surface area (Å²) in [5.74, 6) is 0.494. The number of piperidine rings is 1. The van der Waals surface area contributed by atoms with Crippen LogP contribution in [-0.2, 0) is 21.1 Å². The van der Waals surface area contributed by atoms with E-state index in [2.05, 4.69) is 18.0 Å². The topological polar surface area (TPSA) is 67.3 Å². The number of fused-ring (bicyclic) bond motifs is 1. The number of aryl methyl sites for hydroxylation is 2. The fourth-order valence-electron chi connectivity index (χ4n) is 3.74. The first-order valence-corrected chi connectivity index (χ1v) is 12.3. The van der Waals surface area contributed by atoms with E-state index in [9.17, 15) is 13.2 Å². The number of rotatable bonds is 4. The van der Waals surface area contributed by atoms with Crippen molar-refractivity contribution in [2.45, 2.75) is 58.6 Å². The molecule has 28 heavy (non-hydrogen) atoms. The van der Waals surface area contributed by atoms with E-state index in [0.29, 0.717) is 19.5 Å². The average Bonchev–Trinajstić information content (AvgIpc) is 3.09. The Balaban J connectivity index is 1.63. The van der Waals surface area contributed by atoms with Gasteiger partial charge in [-0.2, -0.15) is 0 Å². The van der Waals surface area contributed by atoms with Gasteiger partial charge in [0.05, 0.1) is 32.6 Å². The van der Waals surface area contributed by atoms with Gasteiger partial charge in [-0.05, 0) is 70.1 Å². The fourth-order valence-corrected chi connectivity index (χ4v) is 6.10. The largest absolute Gasteiger partial charge is 0.342 e. The second-order valence-electron chi connectivity index (χ2n) is 8.90. The van der Waals surface area contributed by atoms with E-state index in [4.69, 9.17) is 0 Å². The average molecular weight is 423 g/mol. The highest BCUT2D eigenvalue weighted by atomic mass is 32.2. The highest BCUT2D eigenvalue weighted by Crippen LogP contribution is 2.29. The van der Waals surface area contributed by atoms with Crippen molar-refractivity contribution in [3.8, 4) is 0 Å². The highest BCUT2D eigenvalue weighted by Gasteiger charge is 2.33. The van der Waals surface area contributed by atoms with Gasteiger partial charge in [-0.1, -0.05) is 6.07 Å². The molecule has 0 spiro atoms. The van der Waals surface area contributed by atoms with Crippen LogP contribution < -0.4 is 0 Å². The molecule has 0 unspecified atom stereocenters. The molecule has 0 N–H and O–H groups in total. The van der Waals surface area contributed by atoms with Gasteiger partial charge in [-0.3, -0.25) is 4.79 Å². The Morgan fingerprint density at radius 1 is 1.25 bits per heavy atom. The Morgan fingerprint density at radius 2 is 1.89 bits per heavy atom. The molecule has 0 bridgehead atoms. The molecule has 5 nitrogen and oxygen atoms in total. The van der Waals surface area contributed by atoms with E-state index in [1.165, 1.54) is 0 Å². The van der Waals surface area contributed by atoms with Gasteiger partial charge in [0.2, 0.25) is 5.91 Å². The van der Waals surface area contributed by atoms with Crippen LogP contribution in [0.15, 0.2) is 11.6 Å². The van der Waals surface area contributed by atoms with Gasteiger partial charge in [0, 0.05) is 13.1 Å². The SMILES string of the molecule is Cc1cc(CC(=O)N2CCC(CS(=O)(=O)C(C)(C)C)CC2)c(C)c2scnc12. The zero-order valence-corrected chi connectivity index (χ0v) is 19.0. The lowest BCUT2D eigenvalue weighted by molar-refractivity contribution is -0.131. The minimum Gasteiger partial charge on any atom is -0.342 e. The number of nitrogens with zero attached hydrogens (tertiary/aromatic N) is 2. The van der Waals surface area contributed by atoms with Crippen molar-refractivity contribution in [3.63, 3.8) is 0 Å². The van der Waals surface area contributed by atoms with E-state index in [1.54, 1.807) is 32.1 Å². The molecule has 2 aromatic rings. The molecule has 1 aromatic carbocycles. The van der Waals surface area contributed by atoms with Crippen molar-refractivity contribution >= 4 is 37.3 Å². The Bertz CT molecular complexity index is 979. The van der Waals surface area contributed by atoms with Gasteiger partial charge in [-0.15, -0.1) is 11.3 Å². The lowest BCUT2D eigenvalue weighted by atomic mass is 9.97. The number of hydrogen-bond donors (Lipinski definition) is 0. The highest BCUT2D eigenvalue weighted by molar-refractivity contribution is 7.92. The van der Waals surface area contributed by atoms with Crippen LogP contribution in [0.2, 0.25) is 0 Å². The van der Waals surface area contributed by atoms with Crippen molar-refractivity contribution in [1.82, 2.24) is 9.88 Å². The molecule has 0 aliphatic carbocycles. The van der Waals surface area contributed by atoms with Crippen LogP contribution in [0.4, 0.5) is 0 Å². The molecule has 1 aliphatic rings. The van der Waals surface area contributed by atoms with Crippen LogP contribution in [0.1, 0.15) is 50.3 Å². The third-order valence-corrected chi connectivity index (χ3v) is 9.57. The maximum atomic E-state index is 12.9. The number of aromatic nitrogens is 1. The summed E-state index contributed by atoms with van der Waals surface area (Å²) in [4.78, 5) is 19.2. The van der Waals surface area contributed by atoms with Gasteiger partial charge in [-0.25, -0.2) is 13.4 Å². The number of amides is 1. The maximum absolute atomic E-state index is 12.9. The molecular weight excluding hydrogens is 392 g/mol. The van der Waals surface area contributed by atoms with Crippen LogP contribution in [0.25, 0.3) is 10.2 Å². The minimum atomic E-state index is -3.12. The summed E-state index contributed by atoms with van der Waals surface area (Å²) in [6.07, 6.45) is 1.91. The summed E-state index contributed by atoms with van der Waals surface area (Å²) in [5, 5.41) is 0. The number of sulfone groups is 1. The predicted octanol–water partition coefficient (Wildman–Crippen LogP) is 3.91. The van der Waals surface area contributed by atoms with E-state index in [-0.39, 0.29) is 17.6 Å². The normalized spacial score (nSPS) is 16.7. The molecule has 2 heterocycles. The van der Waals surface area contributed by atoms with Crippen LogP contribution in [0, 0.1) is 19.8 Å². The molecule has 3 rings (SSSR count). The quantitative estimate of drug-likeness (QED) is 0.749. The van der Waals surface area contributed by atoms with Crippen molar-refractivity contribution in [3.05, 3.63) is 28.3 Å². The number of likely N-dealkylation sites (tertiary alicyclic amines) is 1. The van der Waals surface area contributed by atoms with Crippen molar-refractivity contribution in [2.24, 2.45) is 5.92 Å². The number of thiazole rings is 1. The smallest absolute Gasteiger partial charge is 0.227 e. The third kappa shape index (κ3) is 4.25. The Kier molecular flexibility index (Phi) is 5.88. The van der Waals surface area contributed by atoms with Crippen LogP contribution in [0.5, 0.6) is 0 Å². The number of carbonyl (C=O) groups is 1. The number of carbonyl (C=O) groups excluding carboxylic acids is 1. The van der Waals surface area contributed by atoms with E-state index < -0.39 is 14.6 Å². The molecule has 1 saturated heterocycles. The summed E-state index contributed by atoms with van der Waals surface area (Å²) < 4.78 is 25.3. The minimum absolute atomic E-state index is 0.128. The monoisotopic (exact) mass is 422 g/mol. The first-order valence-electron chi connectivity index (χ1n) is 9.82. The lowest BCUT2D eigenvalue weighted by Gasteiger charge is -2.33. The Hall–Kier alpha value is -1.47. The summed E-state index contributed by atoms with van der Waals surface area (Å²) in [7, 11) is -3.12. The van der Waals surface area contributed by atoms with Gasteiger partial charge in [0.15, 0.2) is 9.84 Å². The standard InChI is InChI=1S/C21H30N2O3S2/c1-14-10-17(15(2)20-19(14)22-13-27-20)11-18(24)23-8-6-16(7-9-23)12-28(25,26)21(3,4)5/h10,13,16H,6-9,11-12H2,1-5H3.